The van der Waals surface area contributed by atoms with Gasteiger partial charge in [0.05, 0.1) is 10.6 Å². The van der Waals surface area contributed by atoms with Gasteiger partial charge in [-0.2, -0.15) is 0 Å². The second-order valence-corrected chi connectivity index (χ2v) is 8.45. The van der Waals surface area contributed by atoms with Gasteiger partial charge >= 0.3 is 0 Å². The fourth-order valence-electron chi connectivity index (χ4n) is 3.22. The van der Waals surface area contributed by atoms with E-state index in [2.05, 4.69) is 4.98 Å². The van der Waals surface area contributed by atoms with Crippen molar-refractivity contribution in [1.82, 2.24) is 10.0 Å². The van der Waals surface area contributed by atoms with E-state index < -0.39 is 10.0 Å². The number of rotatable bonds is 7. The average Bonchev–Trinajstić information content (AvgIpc) is 2.73. The van der Waals surface area contributed by atoms with Crippen LogP contribution in [0, 0.1) is 0 Å². The van der Waals surface area contributed by atoms with Crippen molar-refractivity contribution in [1.29, 1.82) is 0 Å². The first-order valence-corrected chi connectivity index (χ1v) is 10.9. The van der Waals surface area contributed by atoms with Crippen LogP contribution in [0.5, 0.6) is 0 Å². The van der Waals surface area contributed by atoms with Crippen LogP contribution in [0.25, 0.3) is 22.4 Å². The highest BCUT2D eigenvalue weighted by Gasteiger charge is 2.19. The van der Waals surface area contributed by atoms with Gasteiger partial charge in [0.25, 0.3) is 0 Å². The van der Waals surface area contributed by atoms with Gasteiger partial charge in [0.1, 0.15) is 0 Å². The summed E-state index contributed by atoms with van der Waals surface area (Å²) in [5, 5.41) is 15.2. The first-order valence-electron chi connectivity index (χ1n) is 9.39. The molecule has 7 nitrogen and oxygen atoms in total. The van der Waals surface area contributed by atoms with Crippen LogP contribution in [0.2, 0.25) is 0 Å². The topological polar surface area (TPSA) is 114 Å². The summed E-state index contributed by atoms with van der Waals surface area (Å²) >= 11 is 0. The van der Waals surface area contributed by atoms with E-state index in [9.17, 15) is 18.4 Å². The normalized spacial score (nSPS) is 11.3. The van der Waals surface area contributed by atoms with Gasteiger partial charge in [0, 0.05) is 36.4 Å². The predicted octanol–water partition coefficient (Wildman–Crippen LogP) is 3.23. The zero-order valence-corrected chi connectivity index (χ0v) is 17.3. The molecule has 156 valence electrons. The lowest BCUT2D eigenvalue weighted by molar-refractivity contribution is -0.159. The summed E-state index contributed by atoms with van der Waals surface area (Å²) in [5.74, 6) is -0.372. The van der Waals surface area contributed by atoms with Crippen LogP contribution in [-0.2, 0) is 21.2 Å². The molecule has 0 saturated heterocycles. The van der Waals surface area contributed by atoms with Crippen molar-refractivity contribution in [3.05, 3.63) is 72.4 Å². The number of nitrogens with two attached hydrogens (primary N) is 1. The first-order chi connectivity index (χ1) is 14.3. The Morgan fingerprint density at radius 3 is 2.40 bits per heavy atom. The number of hydrogen-bond donors (Lipinski definition) is 2. The summed E-state index contributed by atoms with van der Waals surface area (Å²) in [6.45, 7) is 0. The zero-order valence-electron chi connectivity index (χ0n) is 16.5. The fraction of sp³-hybridized carbons (Fsp3) is 0.182. The van der Waals surface area contributed by atoms with E-state index in [1.807, 2.05) is 36.4 Å². The smallest absolute Gasteiger partial charge is 0.245 e. The second-order valence-electron chi connectivity index (χ2n) is 6.92. The minimum atomic E-state index is -3.94. The Hall–Kier alpha value is -3.07. The molecule has 0 atom stereocenters. The molecule has 0 bridgehead atoms. The molecule has 0 saturated carbocycles. The summed E-state index contributed by atoms with van der Waals surface area (Å²) in [6, 6.07) is 17.9. The van der Waals surface area contributed by atoms with Crippen molar-refractivity contribution in [2.45, 2.75) is 24.2 Å². The molecule has 0 spiro atoms. The molecule has 0 aliphatic rings. The van der Waals surface area contributed by atoms with Crippen LogP contribution in [0.15, 0.2) is 71.8 Å². The highest BCUT2D eigenvalue weighted by atomic mass is 32.2. The van der Waals surface area contributed by atoms with E-state index in [1.54, 1.807) is 24.4 Å². The molecule has 0 aliphatic carbocycles. The first kappa shape index (κ1) is 21.6. The standard InChI is InChI=1S/C22H23N3O4S/c1-25(27)21(26)13-7-8-16-14-19(18-11-5-6-12-20(18)30(23,28)29)22(24-15-16)17-9-3-2-4-10-17/h2-6,9-12,14-15,27H,7-8,13H2,1H3,(H2,23,28,29). The van der Waals surface area contributed by atoms with Crippen LogP contribution >= 0.6 is 0 Å². The minimum Gasteiger partial charge on any atom is -0.286 e. The second kappa shape index (κ2) is 9.17. The van der Waals surface area contributed by atoms with Crippen molar-refractivity contribution in [2.24, 2.45) is 5.14 Å². The van der Waals surface area contributed by atoms with Gasteiger partial charge in [0.15, 0.2) is 0 Å². The molecule has 8 heteroatoms. The SMILES string of the molecule is CN(O)C(=O)CCCc1cnc(-c2ccccc2)c(-c2ccccc2S(N)(=O)=O)c1. The van der Waals surface area contributed by atoms with Gasteiger partial charge in [-0.1, -0.05) is 48.5 Å². The molecule has 3 aromatic rings. The Kier molecular flexibility index (Phi) is 6.61. The lowest BCUT2D eigenvalue weighted by Crippen LogP contribution is -2.22. The third kappa shape index (κ3) is 5.10. The van der Waals surface area contributed by atoms with Crippen molar-refractivity contribution < 1.29 is 18.4 Å². The molecular formula is C22H23N3O4S. The Balaban J connectivity index is 2.06. The maximum Gasteiger partial charge on any atom is 0.245 e. The van der Waals surface area contributed by atoms with Gasteiger partial charge < -0.3 is 0 Å². The van der Waals surface area contributed by atoms with Gasteiger partial charge in [-0.15, -0.1) is 0 Å². The van der Waals surface area contributed by atoms with Crippen molar-refractivity contribution in [2.75, 3.05) is 7.05 Å². The van der Waals surface area contributed by atoms with Gasteiger partial charge in [-0.25, -0.2) is 18.6 Å². The summed E-state index contributed by atoms with van der Waals surface area (Å²) in [4.78, 5) is 16.2. The monoisotopic (exact) mass is 425 g/mol. The molecule has 0 radical (unpaired) electrons. The number of nitrogens with zero attached hydrogens (tertiary/aromatic N) is 2. The van der Waals surface area contributed by atoms with Crippen molar-refractivity contribution in [3.63, 3.8) is 0 Å². The average molecular weight is 426 g/mol. The summed E-state index contributed by atoms with van der Waals surface area (Å²) in [6.07, 6.45) is 2.98. The van der Waals surface area contributed by atoms with E-state index in [0.29, 0.717) is 34.7 Å². The number of primary sulfonamides is 1. The summed E-state index contributed by atoms with van der Waals surface area (Å²) < 4.78 is 24.3. The van der Waals surface area contributed by atoms with Gasteiger partial charge in [-0.3, -0.25) is 15.0 Å². The van der Waals surface area contributed by atoms with E-state index in [4.69, 9.17) is 5.14 Å². The molecule has 0 fully saturated rings. The maximum absolute atomic E-state index is 12.2. The third-order valence-corrected chi connectivity index (χ3v) is 5.66. The Bertz CT molecular complexity index is 1150. The molecule has 1 aromatic heterocycles. The number of aromatic nitrogens is 1. The predicted molar refractivity (Wildman–Crippen MR) is 114 cm³/mol. The van der Waals surface area contributed by atoms with Gasteiger partial charge in [0.2, 0.25) is 15.9 Å². The zero-order chi connectivity index (χ0) is 21.7. The Morgan fingerprint density at radius 1 is 1.07 bits per heavy atom. The molecule has 1 heterocycles. The highest BCUT2D eigenvalue weighted by molar-refractivity contribution is 7.89. The van der Waals surface area contributed by atoms with Crippen LogP contribution in [0.3, 0.4) is 0 Å². The summed E-state index contributed by atoms with van der Waals surface area (Å²) in [7, 11) is -2.64. The summed E-state index contributed by atoms with van der Waals surface area (Å²) in [5.41, 5.74) is 3.46. The number of carbonyl (C=O) groups is 1. The number of pyridine rings is 1. The fourth-order valence-corrected chi connectivity index (χ4v) is 3.97. The van der Waals surface area contributed by atoms with Crippen LogP contribution in [-0.4, -0.2) is 36.6 Å². The Labute approximate surface area is 175 Å². The van der Waals surface area contributed by atoms with Crippen molar-refractivity contribution >= 4 is 15.9 Å². The van der Waals surface area contributed by atoms with E-state index in [-0.39, 0.29) is 17.2 Å². The van der Waals surface area contributed by atoms with Crippen molar-refractivity contribution in [3.8, 4) is 22.4 Å². The Morgan fingerprint density at radius 2 is 1.73 bits per heavy atom. The number of aryl methyl sites for hydroxylation is 1. The quantitative estimate of drug-likeness (QED) is 0.446. The number of sulfonamides is 1. The molecular weight excluding hydrogens is 402 g/mol. The van der Waals surface area contributed by atoms with Gasteiger partial charge in [-0.05, 0) is 30.5 Å². The molecule has 1 amide bonds. The number of hydroxylamine groups is 2. The number of hydrogen-bond acceptors (Lipinski definition) is 5. The van der Waals surface area contributed by atoms with E-state index >= 15 is 0 Å². The molecule has 0 unspecified atom stereocenters. The maximum atomic E-state index is 12.2. The lowest BCUT2D eigenvalue weighted by atomic mass is 9.96. The number of benzene rings is 2. The number of carbonyl (C=O) groups excluding carboxylic acids is 1. The largest absolute Gasteiger partial charge is 0.286 e. The third-order valence-electron chi connectivity index (χ3n) is 4.69. The van der Waals surface area contributed by atoms with Crippen LogP contribution in [0.1, 0.15) is 18.4 Å². The van der Waals surface area contributed by atoms with E-state index in [0.717, 1.165) is 11.1 Å². The molecule has 0 aliphatic heterocycles. The minimum absolute atomic E-state index is 0.0261. The molecule has 30 heavy (non-hydrogen) atoms. The number of amides is 1. The lowest BCUT2D eigenvalue weighted by Gasteiger charge is -2.14. The molecule has 2 aromatic carbocycles. The van der Waals surface area contributed by atoms with Crippen LogP contribution < -0.4 is 5.14 Å². The highest BCUT2D eigenvalue weighted by Crippen LogP contribution is 2.34. The molecule has 3 N–H and O–H groups in total. The van der Waals surface area contributed by atoms with Crippen LogP contribution in [0.4, 0.5) is 0 Å². The molecule has 3 rings (SSSR count). The van der Waals surface area contributed by atoms with E-state index in [1.165, 1.54) is 13.1 Å².